The molecule has 19 heavy (non-hydrogen) atoms. The highest BCUT2D eigenvalue weighted by molar-refractivity contribution is 5.72. The molecule has 1 aliphatic carbocycles. The van der Waals surface area contributed by atoms with Crippen LogP contribution in [0.25, 0.3) is 0 Å². The van der Waals surface area contributed by atoms with E-state index in [9.17, 15) is 9.59 Å². The fourth-order valence-electron chi connectivity index (χ4n) is 3.12. The number of ether oxygens (including phenoxy) is 1. The molecule has 0 aromatic heterocycles. The van der Waals surface area contributed by atoms with Gasteiger partial charge < -0.3 is 14.7 Å². The summed E-state index contributed by atoms with van der Waals surface area (Å²) in [7, 11) is 0. The highest BCUT2D eigenvalue weighted by Crippen LogP contribution is 2.45. The zero-order chi connectivity index (χ0) is 14.2. The minimum absolute atomic E-state index is 0.205. The van der Waals surface area contributed by atoms with E-state index in [1.807, 2.05) is 20.8 Å². The highest BCUT2D eigenvalue weighted by atomic mass is 16.6. The van der Waals surface area contributed by atoms with Crippen molar-refractivity contribution in [3.63, 3.8) is 0 Å². The van der Waals surface area contributed by atoms with Gasteiger partial charge >= 0.3 is 12.1 Å². The molecule has 3 unspecified atom stereocenters. The largest absolute Gasteiger partial charge is 0.481 e. The van der Waals surface area contributed by atoms with Crippen LogP contribution < -0.4 is 0 Å². The normalized spacial score (nSPS) is 30.9. The lowest BCUT2D eigenvalue weighted by Crippen LogP contribution is -2.47. The van der Waals surface area contributed by atoms with E-state index in [4.69, 9.17) is 9.84 Å². The molecule has 1 heterocycles. The van der Waals surface area contributed by atoms with Gasteiger partial charge in [0, 0.05) is 13.1 Å². The summed E-state index contributed by atoms with van der Waals surface area (Å²) in [6, 6.07) is 0. The second kappa shape index (κ2) is 5.02. The second-order valence-corrected chi connectivity index (χ2v) is 6.67. The highest BCUT2D eigenvalue weighted by Gasteiger charge is 2.47. The monoisotopic (exact) mass is 269 g/mol. The molecule has 1 saturated carbocycles. The molecule has 1 N–H and O–H groups in total. The van der Waals surface area contributed by atoms with Gasteiger partial charge in [0.1, 0.15) is 5.60 Å². The molecule has 0 radical (unpaired) electrons. The van der Waals surface area contributed by atoms with E-state index in [0.29, 0.717) is 25.4 Å². The fourth-order valence-corrected chi connectivity index (χ4v) is 3.12. The van der Waals surface area contributed by atoms with Gasteiger partial charge in [0.25, 0.3) is 0 Å². The molecule has 5 heteroatoms. The minimum Gasteiger partial charge on any atom is -0.481 e. The van der Waals surface area contributed by atoms with Crippen LogP contribution in [-0.4, -0.2) is 40.8 Å². The van der Waals surface area contributed by atoms with Crippen molar-refractivity contribution in [2.24, 2.45) is 17.8 Å². The van der Waals surface area contributed by atoms with E-state index in [2.05, 4.69) is 0 Å². The lowest BCUT2D eigenvalue weighted by Gasteiger charge is -2.42. The Bertz CT molecular complexity index is 374. The van der Waals surface area contributed by atoms with Crippen LogP contribution in [-0.2, 0) is 9.53 Å². The maximum Gasteiger partial charge on any atom is 0.410 e. The first-order chi connectivity index (χ1) is 8.78. The topological polar surface area (TPSA) is 66.8 Å². The standard InChI is InChI=1S/C14H23NO4/c1-14(2,3)19-13(18)15-6-4-5-10-9(8-15)7-11(10)12(16)17/h9-11H,4-8H2,1-3H3,(H,16,17). The first-order valence-electron chi connectivity index (χ1n) is 6.98. The lowest BCUT2D eigenvalue weighted by molar-refractivity contribution is -0.151. The molecule has 108 valence electrons. The third-order valence-corrected chi connectivity index (χ3v) is 4.07. The average molecular weight is 269 g/mol. The Morgan fingerprint density at radius 3 is 2.58 bits per heavy atom. The van der Waals surface area contributed by atoms with Crippen molar-refractivity contribution in [1.82, 2.24) is 4.90 Å². The Kier molecular flexibility index (Phi) is 3.74. The zero-order valence-corrected chi connectivity index (χ0v) is 11.9. The summed E-state index contributed by atoms with van der Waals surface area (Å²) in [5, 5.41) is 9.09. The number of carboxylic acid groups (broad SMARTS) is 1. The molecular formula is C14H23NO4. The molecule has 0 aromatic rings. The van der Waals surface area contributed by atoms with Gasteiger partial charge in [-0.05, 0) is 51.9 Å². The minimum atomic E-state index is -0.688. The fraction of sp³-hybridized carbons (Fsp3) is 0.857. The maximum atomic E-state index is 12.0. The van der Waals surface area contributed by atoms with Gasteiger partial charge in [-0.15, -0.1) is 0 Å². The Labute approximate surface area is 113 Å². The zero-order valence-electron chi connectivity index (χ0n) is 11.9. The molecule has 0 bridgehead atoms. The molecule has 0 spiro atoms. The van der Waals surface area contributed by atoms with E-state index in [0.717, 1.165) is 12.8 Å². The van der Waals surface area contributed by atoms with E-state index in [1.54, 1.807) is 4.90 Å². The van der Waals surface area contributed by atoms with Crippen molar-refractivity contribution in [3.8, 4) is 0 Å². The summed E-state index contributed by atoms with van der Waals surface area (Å²) in [5.74, 6) is -0.323. The third-order valence-electron chi connectivity index (χ3n) is 4.07. The maximum absolute atomic E-state index is 12.0. The number of hydrogen-bond acceptors (Lipinski definition) is 3. The second-order valence-electron chi connectivity index (χ2n) is 6.67. The molecule has 1 saturated heterocycles. The molecule has 1 aliphatic heterocycles. The number of carbonyl (C=O) groups is 2. The number of carbonyl (C=O) groups excluding carboxylic acids is 1. The number of hydrogen-bond donors (Lipinski definition) is 1. The van der Waals surface area contributed by atoms with Crippen molar-refractivity contribution in [2.75, 3.05) is 13.1 Å². The predicted octanol–water partition coefficient (Wildman–Crippen LogP) is 2.35. The number of nitrogens with zero attached hydrogens (tertiary/aromatic N) is 1. The Hall–Kier alpha value is -1.26. The van der Waals surface area contributed by atoms with E-state index >= 15 is 0 Å². The molecule has 3 atom stereocenters. The van der Waals surface area contributed by atoms with E-state index < -0.39 is 11.6 Å². The Morgan fingerprint density at radius 2 is 2.00 bits per heavy atom. The number of carboxylic acids is 1. The molecule has 5 nitrogen and oxygen atoms in total. The Balaban J connectivity index is 1.93. The number of rotatable bonds is 1. The average Bonchev–Trinajstić information content (AvgIpc) is 2.36. The molecular weight excluding hydrogens is 246 g/mol. The van der Waals surface area contributed by atoms with Crippen LogP contribution in [0.4, 0.5) is 4.79 Å². The van der Waals surface area contributed by atoms with Gasteiger partial charge in [-0.25, -0.2) is 4.79 Å². The van der Waals surface area contributed by atoms with Gasteiger partial charge in [-0.3, -0.25) is 4.79 Å². The molecule has 2 fully saturated rings. The van der Waals surface area contributed by atoms with Crippen molar-refractivity contribution in [3.05, 3.63) is 0 Å². The van der Waals surface area contributed by atoms with Crippen LogP contribution in [0.2, 0.25) is 0 Å². The van der Waals surface area contributed by atoms with Crippen molar-refractivity contribution in [2.45, 2.75) is 45.6 Å². The SMILES string of the molecule is CC(C)(C)OC(=O)N1CCCC2C(CC2C(=O)O)C1. The molecule has 1 amide bonds. The van der Waals surface area contributed by atoms with Crippen LogP contribution in [0, 0.1) is 17.8 Å². The van der Waals surface area contributed by atoms with Crippen LogP contribution >= 0.6 is 0 Å². The molecule has 0 aromatic carbocycles. The summed E-state index contributed by atoms with van der Waals surface area (Å²) in [5.41, 5.74) is -0.480. The quantitative estimate of drug-likeness (QED) is 0.793. The van der Waals surface area contributed by atoms with Gasteiger partial charge in [0.15, 0.2) is 0 Å². The van der Waals surface area contributed by atoms with Gasteiger partial charge in [-0.1, -0.05) is 0 Å². The van der Waals surface area contributed by atoms with Gasteiger partial charge in [0.2, 0.25) is 0 Å². The molecule has 2 rings (SSSR count). The summed E-state index contributed by atoms with van der Waals surface area (Å²) in [6.07, 6.45) is 2.19. The van der Waals surface area contributed by atoms with Gasteiger partial charge in [-0.2, -0.15) is 0 Å². The van der Waals surface area contributed by atoms with E-state index in [1.165, 1.54) is 0 Å². The van der Waals surface area contributed by atoms with E-state index in [-0.39, 0.29) is 17.9 Å². The number of likely N-dealkylation sites (tertiary alicyclic amines) is 1. The first-order valence-corrected chi connectivity index (χ1v) is 6.98. The van der Waals surface area contributed by atoms with Crippen molar-refractivity contribution >= 4 is 12.1 Å². The van der Waals surface area contributed by atoms with Crippen LogP contribution in [0.15, 0.2) is 0 Å². The Morgan fingerprint density at radius 1 is 1.32 bits per heavy atom. The van der Waals surface area contributed by atoms with Crippen molar-refractivity contribution in [1.29, 1.82) is 0 Å². The number of aliphatic carboxylic acids is 1. The number of amides is 1. The van der Waals surface area contributed by atoms with Crippen LogP contribution in [0.1, 0.15) is 40.0 Å². The number of fused-ring (bicyclic) bond motifs is 1. The first kappa shape index (κ1) is 14.2. The third kappa shape index (κ3) is 3.19. The summed E-state index contributed by atoms with van der Waals surface area (Å²) in [6.45, 7) is 6.89. The molecule has 2 aliphatic rings. The summed E-state index contributed by atoms with van der Waals surface area (Å²) in [4.78, 5) is 24.8. The smallest absolute Gasteiger partial charge is 0.410 e. The lowest BCUT2D eigenvalue weighted by atomic mass is 9.63. The van der Waals surface area contributed by atoms with Crippen molar-refractivity contribution < 1.29 is 19.4 Å². The summed E-state index contributed by atoms with van der Waals surface area (Å²) < 4.78 is 5.39. The van der Waals surface area contributed by atoms with Crippen LogP contribution in [0.3, 0.4) is 0 Å². The summed E-state index contributed by atoms with van der Waals surface area (Å²) >= 11 is 0. The van der Waals surface area contributed by atoms with Crippen LogP contribution in [0.5, 0.6) is 0 Å². The predicted molar refractivity (Wildman–Crippen MR) is 69.8 cm³/mol. The van der Waals surface area contributed by atoms with Gasteiger partial charge in [0.05, 0.1) is 5.92 Å².